The van der Waals surface area contributed by atoms with Crippen LogP contribution in [0.4, 0.5) is 4.79 Å². The fourth-order valence-corrected chi connectivity index (χ4v) is 4.66. The molecule has 0 unspecified atom stereocenters. The van der Waals surface area contributed by atoms with Gasteiger partial charge in [-0.05, 0) is 47.6 Å². The predicted molar refractivity (Wildman–Crippen MR) is 118 cm³/mol. The lowest BCUT2D eigenvalue weighted by molar-refractivity contribution is -0.0331. The van der Waals surface area contributed by atoms with Crippen molar-refractivity contribution >= 4 is 17.4 Å². The molecule has 1 atom stereocenters. The summed E-state index contributed by atoms with van der Waals surface area (Å²) < 4.78 is 18.6. The van der Waals surface area contributed by atoms with Gasteiger partial charge in [0.2, 0.25) is 0 Å². The fraction of sp³-hybridized carbons (Fsp3) is 0.500. The van der Waals surface area contributed by atoms with Crippen molar-refractivity contribution in [3.63, 3.8) is 0 Å². The predicted octanol–water partition coefficient (Wildman–Crippen LogP) is 4.82. The number of hydrogen-bond donors (Lipinski definition) is 0. The van der Waals surface area contributed by atoms with Crippen LogP contribution in [-0.2, 0) is 9.47 Å². The molecule has 4 rings (SSSR count). The molecule has 0 radical (unpaired) electrons. The number of carbonyl (C=O) groups excluding carboxylic acids is 1. The van der Waals surface area contributed by atoms with Gasteiger partial charge >= 0.3 is 6.09 Å². The number of nitrogens with zero attached hydrogens (tertiary/aromatic N) is 4. The quantitative estimate of drug-likeness (QED) is 0.576. The minimum absolute atomic E-state index is 0.260. The number of rotatable bonds is 3. The molecule has 1 saturated heterocycles. The van der Waals surface area contributed by atoms with E-state index in [0.29, 0.717) is 19.8 Å². The Hall–Kier alpha value is -2.65. The van der Waals surface area contributed by atoms with Gasteiger partial charge in [0, 0.05) is 34.9 Å². The van der Waals surface area contributed by atoms with Crippen molar-refractivity contribution in [2.75, 3.05) is 19.8 Å². The summed E-state index contributed by atoms with van der Waals surface area (Å²) in [6.07, 6.45) is -0.336. The van der Waals surface area contributed by atoms with Gasteiger partial charge in [0.15, 0.2) is 5.82 Å². The molecule has 1 amide bonds. The van der Waals surface area contributed by atoms with E-state index in [1.54, 1.807) is 4.90 Å². The normalized spacial score (nSPS) is 17.2. The van der Waals surface area contributed by atoms with Gasteiger partial charge < -0.3 is 14.0 Å². The summed E-state index contributed by atoms with van der Waals surface area (Å²) in [7, 11) is 0. The first-order chi connectivity index (χ1) is 14.6. The lowest BCUT2D eigenvalue weighted by Gasteiger charge is -2.35. The van der Waals surface area contributed by atoms with Gasteiger partial charge in [-0.25, -0.2) is 9.78 Å². The van der Waals surface area contributed by atoms with Gasteiger partial charge in [0.05, 0.1) is 18.9 Å². The maximum atomic E-state index is 12.7. The Morgan fingerprint density at radius 3 is 2.71 bits per heavy atom. The van der Waals surface area contributed by atoms with Crippen molar-refractivity contribution in [1.29, 1.82) is 0 Å². The zero-order valence-electron chi connectivity index (χ0n) is 18.8. The van der Waals surface area contributed by atoms with E-state index in [1.807, 2.05) is 53.0 Å². The van der Waals surface area contributed by atoms with Crippen molar-refractivity contribution < 1.29 is 18.8 Å². The molecule has 0 spiro atoms. The van der Waals surface area contributed by atoms with Crippen LogP contribution in [0.15, 0.2) is 22.0 Å². The highest BCUT2D eigenvalue weighted by Crippen LogP contribution is 2.34. The fourth-order valence-electron chi connectivity index (χ4n) is 3.75. The molecule has 3 aromatic rings. The molecule has 0 N–H and O–H groups in total. The van der Waals surface area contributed by atoms with Gasteiger partial charge in [-0.2, -0.15) is 0 Å². The molecule has 0 aliphatic carbocycles. The Morgan fingerprint density at radius 1 is 1.26 bits per heavy atom. The number of aromatic nitrogens is 3. The first kappa shape index (κ1) is 21.6. The first-order valence-corrected chi connectivity index (χ1v) is 11.2. The van der Waals surface area contributed by atoms with E-state index in [-0.39, 0.29) is 12.1 Å². The van der Waals surface area contributed by atoms with Crippen molar-refractivity contribution in [3.8, 4) is 17.1 Å². The van der Waals surface area contributed by atoms with Crippen LogP contribution in [0.3, 0.4) is 0 Å². The largest absolute Gasteiger partial charge is 0.444 e. The van der Waals surface area contributed by atoms with Crippen molar-refractivity contribution in [1.82, 2.24) is 19.6 Å². The van der Waals surface area contributed by atoms with Crippen LogP contribution in [0.2, 0.25) is 0 Å². The highest BCUT2D eigenvalue weighted by molar-refractivity contribution is 7.10. The number of carbonyl (C=O) groups is 1. The topological polar surface area (TPSA) is 82.6 Å². The van der Waals surface area contributed by atoms with Crippen LogP contribution in [-0.4, -0.2) is 51.1 Å². The number of aryl methyl sites for hydroxylation is 2. The second-order valence-corrected chi connectivity index (χ2v) is 9.64. The Labute approximate surface area is 185 Å². The second-order valence-electron chi connectivity index (χ2n) is 8.75. The highest BCUT2D eigenvalue weighted by Gasteiger charge is 2.34. The zero-order chi connectivity index (χ0) is 22.3. The van der Waals surface area contributed by atoms with Crippen LogP contribution in [0, 0.1) is 20.8 Å². The molecule has 1 aliphatic rings. The average Bonchev–Trinajstić information content (AvgIpc) is 3.40. The van der Waals surface area contributed by atoms with Gasteiger partial charge in [-0.15, -0.1) is 11.3 Å². The smallest absolute Gasteiger partial charge is 0.411 e. The Bertz CT molecular complexity index is 1090. The standard InChI is InChI=1S/C22H28N4O4S/c1-13-9-16(15(3)26(13)19-10-14(2)30-24-19)17-12-31-20(23-17)18-11-28-8-7-25(18)21(27)29-22(4,5)6/h9-10,12,18H,7-8,11H2,1-6H3/t18-/m0/s1. The Morgan fingerprint density at radius 2 is 2.03 bits per heavy atom. The third kappa shape index (κ3) is 4.38. The molecule has 4 heterocycles. The average molecular weight is 445 g/mol. The number of hydrogen-bond acceptors (Lipinski definition) is 7. The number of thiazole rings is 1. The molecular weight excluding hydrogens is 416 g/mol. The van der Waals surface area contributed by atoms with Crippen LogP contribution in [0.5, 0.6) is 0 Å². The first-order valence-electron chi connectivity index (χ1n) is 10.3. The van der Waals surface area contributed by atoms with E-state index in [0.717, 1.165) is 39.2 Å². The molecule has 166 valence electrons. The molecule has 0 aromatic carbocycles. The summed E-state index contributed by atoms with van der Waals surface area (Å²) >= 11 is 1.53. The molecule has 0 bridgehead atoms. The number of amides is 1. The molecular formula is C22H28N4O4S. The van der Waals surface area contributed by atoms with Crippen molar-refractivity contribution in [2.45, 2.75) is 53.2 Å². The lowest BCUT2D eigenvalue weighted by Crippen LogP contribution is -2.45. The summed E-state index contributed by atoms with van der Waals surface area (Å²) in [6.45, 7) is 12.9. The lowest BCUT2D eigenvalue weighted by atomic mass is 10.2. The summed E-state index contributed by atoms with van der Waals surface area (Å²) in [5.74, 6) is 1.52. The summed E-state index contributed by atoms with van der Waals surface area (Å²) in [6, 6.07) is 3.75. The van der Waals surface area contributed by atoms with E-state index < -0.39 is 5.60 Å². The van der Waals surface area contributed by atoms with E-state index in [9.17, 15) is 4.79 Å². The van der Waals surface area contributed by atoms with Crippen LogP contribution < -0.4 is 0 Å². The van der Waals surface area contributed by atoms with Gasteiger partial charge in [0.25, 0.3) is 0 Å². The van der Waals surface area contributed by atoms with Gasteiger partial charge in [0.1, 0.15) is 22.4 Å². The minimum Gasteiger partial charge on any atom is -0.444 e. The van der Waals surface area contributed by atoms with Crippen LogP contribution in [0.1, 0.15) is 49.0 Å². The van der Waals surface area contributed by atoms with E-state index in [2.05, 4.69) is 15.8 Å². The molecule has 1 fully saturated rings. The highest BCUT2D eigenvalue weighted by atomic mass is 32.1. The maximum absolute atomic E-state index is 12.7. The van der Waals surface area contributed by atoms with Gasteiger partial charge in [-0.1, -0.05) is 5.16 Å². The third-order valence-electron chi connectivity index (χ3n) is 5.12. The van der Waals surface area contributed by atoms with E-state index in [1.165, 1.54) is 11.3 Å². The van der Waals surface area contributed by atoms with Crippen molar-refractivity contribution in [2.24, 2.45) is 0 Å². The molecule has 9 heteroatoms. The summed E-state index contributed by atoms with van der Waals surface area (Å²) in [4.78, 5) is 19.3. The Kier molecular flexibility index (Phi) is 5.65. The molecule has 1 aliphatic heterocycles. The summed E-state index contributed by atoms with van der Waals surface area (Å²) in [5, 5.41) is 7.01. The Balaban J connectivity index is 1.63. The molecule has 31 heavy (non-hydrogen) atoms. The SMILES string of the molecule is Cc1cc(-n2c(C)cc(-c3csc([C@@H]4COCCN4C(=O)OC(C)(C)C)n3)c2C)no1. The number of ether oxygens (including phenoxy) is 2. The molecule has 0 saturated carbocycles. The van der Waals surface area contributed by atoms with E-state index in [4.69, 9.17) is 19.0 Å². The molecule has 8 nitrogen and oxygen atoms in total. The zero-order valence-corrected chi connectivity index (χ0v) is 19.6. The van der Waals surface area contributed by atoms with Gasteiger partial charge in [-0.3, -0.25) is 9.47 Å². The van der Waals surface area contributed by atoms with Crippen LogP contribution >= 0.6 is 11.3 Å². The third-order valence-corrected chi connectivity index (χ3v) is 6.06. The van der Waals surface area contributed by atoms with E-state index >= 15 is 0 Å². The maximum Gasteiger partial charge on any atom is 0.411 e. The minimum atomic E-state index is -0.551. The second kappa shape index (κ2) is 8.12. The summed E-state index contributed by atoms with van der Waals surface area (Å²) in [5.41, 5.74) is 3.43. The monoisotopic (exact) mass is 444 g/mol. The van der Waals surface area contributed by atoms with Crippen molar-refractivity contribution in [3.05, 3.63) is 39.7 Å². The van der Waals surface area contributed by atoms with Crippen LogP contribution in [0.25, 0.3) is 17.1 Å². The number of morpholine rings is 1. The molecule has 3 aromatic heterocycles.